The fourth-order valence-electron chi connectivity index (χ4n) is 1.27. The second-order valence-corrected chi connectivity index (χ2v) is 4.93. The number of rotatable bonds is 2. The van der Waals surface area contributed by atoms with E-state index in [0.717, 1.165) is 9.35 Å². The normalized spacial score (nSPS) is 12.7. The van der Waals surface area contributed by atoms with E-state index in [1.54, 1.807) is 18.5 Å². The van der Waals surface area contributed by atoms with Crippen molar-refractivity contribution in [2.45, 2.75) is 6.10 Å². The standard InChI is InChI=1S/C10H9BrN2OS/c11-6-3-9(15-5-6)10(14)7-4-13-2-1-8(7)12/h1-5,10,14H,(H2,12,13). The van der Waals surface area contributed by atoms with Crippen molar-refractivity contribution in [3.05, 3.63) is 44.8 Å². The highest BCUT2D eigenvalue weighted by molar-refractivity contribution is 9.10. The van der Waals surface area contributed by atoms with Crippen molar-refractivity contribution in [3.8, 4) is 0 Å². The number of anilines is 1. The van der Waals surface area contributed by atoms with Crippen LogP contribution in [0.1, 0.15) is 16.5 Å². The Morgan fingerprint density at radius 1 is 1.53 bits per heavy atom. The Labute approximate surface area is 99.7 Å². The second-order valence-electron chi connectivity index (χ2n) is 3.07. The molecule has 1 unspecified atom stereocenters. The molecule has 5 heteroatoms. The van der Waals surface area contributed by atoms with Crippen LogP contribution >= 0.6 is 27.3 Å². The third-order valence-corrected chi connectivity index (χ3v) is 3.78. The minimum Gasteiger partial charge on any atom is -0.398 e. The molecule has 0 aliphatic rings. The number of aliphatic hydroxyl groups excluding tert-OH is 1. The molecule has 15 heavy (non-hydrogen) atoms. The van der Waals surface area contributed by atoms with Crippen LogP contribution in [0.25, 0.3) is 0 Å². The average Bonchev–Trinajstić information content (AvgIpc) is 2.65. The first kappa shape index (κ1) is 10.6. The van der Waals surface area contributed by atoms with Gasteiger partial charge in [-0.1, -0.05) is 0 Å². The lowest BCUT2D eigenvalue weighted by Crippen LogP contribution is -2.02. The number of thiophene rings is 1. The van der Waals surface area contributed by atoms with Crippen LogP contribution in [0.5, 0.6) is 0 Å². The van der Waals surface area contributed by atoms with Crippen LogP contribution in [0.15, 0.2) is 34.4 Å². The number of nitrogens with zero attached hydrogens (tertiary/aromatic N) is 1. The maximum Gasteiger partial charge on any atom is 0.117 e. The first-order valence-corrected chi connectivity index (χ1v) is 5.97. The summed E-state index contributed by atoms with van der Waals surface area (Å²) >= 11 is 4.82. The van der Waals surface area contributed by atoms with Gasteiger partial charge in [0.25, 0.3) is 0 Å². The van der Waals surface area contributed by atoms with Crippen molar-refractivity contribution in [1.29, 1.82) is 0 Å². The minimum atomic E-state index is -0.699. The van der Waals surface area contributed by atoms with Crippen LogP contribution in [-0.4, -0.2) is 10.1 Å². The summed E-state index contributed by atoms with van der Waals surface area (Å²) in [7, 11) is 0. The molecule has 78 valence electrons. The lowest BCUT2D eigenvalue weighted by atomic mass is 10.1. The molecule has 0 fully saturated rings. The van der Waals surface area contributed by atoms with Crippen molar-refractivity contribution in [2.24, 2.45) is 0 Å². The van der Waals surface area contributed by atoms with Gasteiger partial charge in [0, 0.05) is 38.4 Å². The first-order chi connectivity index (χ1) is 7.18. The number of hydrogen-bond acceptors (Lipinski definition) is 4. The van der Waals surface area contributed by atoms with Gasteiger partial charge in [-0.3, -0.25) is 4.98 Å². The fraction of sp³-hybridized carbons (Fsp3) is 0.100. The van der Waals surface area contributed by atoms with E-state index in [9.17, 15) is 5.11 Å². The van der Waals surface area contributed by atoms with E-state index < -0.39 is 6.10 Å². The van der Waals surface area contributed by atoms with Crippen molar-refractivity contribution < 1.29 is 5.11 Å². The molecule has 0 aromatic carbocycles. The van der Waals surface area contributed by atoms with E-state index >= 15 is 0 Å². The summed E-state index contributed by atoms with van der Waals surface area (Å²) < 4.78 is 0.962. The summed E-state index contributed by atoms with van der Waals surface area (Å²) in [4.78, 5) is 4.80. The highest BCUT2D eigenvalue weighted by atomic mass is 79.9. The number of aromatic nitrogens is 1. The SMILES string of the molecule is Nc1ccncc1C(O)c1cc(Br)cs1. The minimum absolute atomic E-state index is 0.557. The van der Waals surface area contributed by atoms with Gasteiger partial charge in [0.15, 0.2) is 0 Å². The molecule has 0 spiro atoms. The van der Waals surface area contributed by atoms with Gasteiger partial charge in [0.05, 0.1) is 0 Å². The molecule has 0 saturated heterocycles. The summed E-state index contributed by atoms with van der Waals surface area (Å²) in [5.74, 6) is 0. The van der Waals surface area contributed by atoms with Gasteiger partial charge in [-0.25, -0.2) is 0 Å². The van der Waals surface area contributed by atoms with Crippen molar-refractivity contribution >= 4 is 33.0 Å². The molecular formula is C10H9BrN2OS. The van der Waals surface area contributed by atoms with Crippen LogP contribution in [0.2, 0.25) is 0 Å². The molecule has 2 aromatic rings. The molecule has 2 heterocycles. The predicted molar refractivity (Wildman–Crippen MR) is 64.7 cm³/mol. The number of halogens is 1. The zero-order chi connectivity index (χ0) is 10.8. The number of nitrogen functional groups attached to an aromatic ring is 1. The van der Waals surface area contributed by atoms with E-state index in [1.807, 2.05) is 11.4 Å². The summed E-state index contributed by atoms with van der Waals surface area (Å²) in [5, 5.41) is 12.0. The van der Waals surface area contributed by atoms with Crippen LogP contribution in [0, 0.1) is 0 Å². The molecule has 1 atom stereocenters. The Balaban J connectivity index is 2.36. The average molecular weight is 285 g/mol. The first-order valence-electron chi connectivity index (χ1n) is 4.30. The molecule has 0 bridgehead atoms. The maximum absolute atomic E-state index is 10.1. The van der Waals surface area contributed by atoms with Gasteiger partial charge in [-0.2, -0.15) is 0 Å². The molecule has 0 aliphatic heterocycles. The van der Waals surface area contributed by atoms with Crippen molar-refractivity contribution in [1.82, 2.24) is 4.98 Å². The van der Waals surface area contributed by atoms with Gasteiger partial charge in [0.1, 0.15) is 6.10 Å². The molecule has 0 radical (unpaired) electrons. The molecule has 3 N–H and O–H groups in total. The monoisotopic (exact) mass is 284 g/mol. The van der Waals surface area contributed by atoms with Gasteiger partial charge in [0.2, 0.25) is 0 Å². The summed E-state index contributed by atoms with van der Waals surface area (Å²) in [6.45, 7) is 0. The van der Waals surface area contributed by atoms with E-state index in [4.69, 9.17) is 5.73 Å². The highest BCUT2D eigenvalue weighted by Gasteiger charge is 2.15. The van der Waals surface area contributed by atoms with Crippen molar-refractivity contribution in [2.75, 3.05) is 5.73 Å². The Bertz CT molecular complexity index is 472. The molecule has 0 aliphatic carbocycles. The van der Waals surface area contributed by atoms with E-state index in [2.05, 4.69) is 20.9 Å². The van der Waals surface area contributed by atoms with Gasteiger partial charge >= 0.3 is 0 Å². The molecular weight excluding hydrogens is 276 g/mol. The van der Waals surface area contributed by atoms with Crippen LogP contribution in [0.4, 0.5) is 5.69 Å². The largest absolute Gasteiger partial charge is 0.398 e. The highest BCUT2D eigenvalue weighted by Crippen LogP contribution is 2.31. The zero-order valence-electron chi connectivity index (χ0n) is 7.72. The number of aliphatic hydroxyl groups is 1. The van der Waals surface area contributed by atoms with Crippen LogP contribution in [-0.2, 0) is 0 Å². The Hall–Kier alpha value is -0.910. The fourth-order valence-corrected chi connectivity index (χ4v) is 2.72. The number of nitrogens with two attached hydrogens (primary N) is 1. The quantitative estimate of drug-likeness (QED) is 0.891. The Morgan fingerprint density at radius 3 is 2.93 bits per heavy atom. The molecule has 0 amide bonds. The zero-order valence-corrected chi connectivity index (χ0v) is 10.1. The second kappa shape index (κ2) is 4.30. The maximum atomic E-state index is 10.1. The molecule has 0 saturated carbocycles. The third kappa shape index (κ3) is 2.19. The molecule has 2 aromatic heterocycles. The predicted octanol–water partition coefficient (Wildman–Crippen LogP) is 2.57. The Kier molecular flexibility index (Phi) is 3.04. The van der Waals surface area contributed by atoms with E-state index in [-0.39, 0.29) is 0 Å². The topological polar surface area (TPSA) is 59.1 Å². The summed E-state index contributed by atoms with van der Waals surface area (Å²) in [5.41, 5.74) is 6.96. The summed E-state index contributed by atoms with van der Waals surface area (Å²) in [6.07, 6.45) is 2.50. The van der Waals surface area contributed by atoms with Crippen LogP contribution < -0.4 is 5.73 Å². The number of pyridine rings is 1. The lowest BCUT2D eigenvalue weighted by molar-refractivity contribution is 0.224. The Morgan fingerprint density at radius 2 is 2.33 bits per heavy atom. The molecule has 3 nitrogen and oxygen atoms in total. The van der Waals surface area contributed by atoms with Crippen LogP contribution in [0.3, 0.4) is 0 Å². The van der Waals surface area contributed by atoms with Crippen molar-refractivity contribution in [3.63, 3.8) is 0 Å². The van der Waals surface area contributed by atoms with E-state index in [0.29, 0.717) is 11.3 Å². The smallest absolute Gasteiger partial charge is 0.117 e. The van der Waals surface area contributed by atoms with E-state index in [1.165, 1.54) is 11.3 Å². The van der Waals surface area contributed by atoms with Gasteiger partial charge < -0.3 is 10.8 Å². The van der Waals surface area contributed by atoms with Gasteiger partial charge in [-0.05, 0) is 28.1 Å². The van der Waals surface area contributed by atoms with Gasteiger partial charge in [-0.15, -0.1) is 11.3 Å². The molecule has 2 rings (SSSR count). The lowest BCUT2D eigenvalue weighted by Gasteiger charge is -2.10. The third-order valence-electron chi connectivity index (χ3n) is 2.04. The number of hydrogen-bond donors (Lipinski definition) is 2. The summed E-state index contributed by atoms with van der Waals surface area (Å²) in [6, 6.07) is 3.56.